The van der Waals surface area contributed by atoms with Crippen molar-refractivity contribution in [2.24, 2.45) is 5.92 Å². The van der Waals surface area contributed by atoms with E-state index in [1.54, 1.807) is 24.3 Å². The molecule has 0 unspecified atom stereocenters. The SMILES string of the molecule is CCOc1ccc(-c2nc(S(=O)(=O)c3ccc(F)cc3)c(N3CCC(Cc4ccccc4)CC3)o2)cc1. The first-order valence-corrected chi connectivity index (χ1v) is 14.0. The summed E-state index contributed by atoms with van der Waals surface area (Å²) in [6.45, 7) is 3.76. The summed E-state index contributed by atoms with van der Waals surface area (Å²) in [7, 11) is -4.04. The maximum atomic E-state index is 13.6. The van der Waals surface area contributed by atoms with Gasteiger partial charge in [-0.3, -0.25) is 0 Å². The molecule has 0 spiro atoms. The molecule has 5 rings (SSSR count). The predicted octanol–water partition coefficient (Wildman–Crippen LogP) is 6.17. The van der Waals surface area contributed by atoms with Crippen molar-refractivity contribution in [3.8, 4) is 17.2 Å². The van der Waals surface area contributed by atoms with Crippen LogP contribution in [0.3, 0.4) is 0 Å². The van der Waals surface area contributed by atoms with Gasteiger partial charge < -0.3 is 14.1 Å². The fourth-order valence-electron chi connectivity index (χ4n) is 4.67. The van der Waals surface area contributed by atoms with Gasteiger partial charge in [0.1, 0.15) is 11.6 Å². The number of rotatable bonds is 8. The Morgan fingerprint density at radius 2 is 1.65 bits per heavy atom. The maximum Gasteiger partial charge on any atom is 0.236 e. The second kappa shape index (κ2) is 10.8. The van der Waals surface area contributed by atoms with Crippen LogP contribution >= 0.6 is 0 Å². The zero-order chi connectivity index (χ0) is 25.8. The molecule has 1 saturated heterocycles. The summed E-state index contributed by atoms with van der Waals surface area (Å²) in [4.78, 5) is 6.39. The van der Waals surface area contributed by atoms with Crippen molar-refractivity contribution < 1.29 is 22.0 Å². The zero-order valence-corrected chi connectivity index (χ0v) is 21.5. The van der Waals surface area contributed by atoms with Gasteiger partial charge in [-0.2, -0.15) is 4.98 Å². The maximum absolute atomic E-state index is 13.6. The lowest BCUT2D eigenvalue weighted by Crippen LogP contribution is -2.34. The number of benzene rings is 3. The first kappa shape index (κ1) is 25.0. The number of sulfone groups is 1. The van der Waals surface area contributed by atoms with E-state index in [1.807, 2.05) is 30.0 Å². The van der Waals surface area contributed by atoms with E-state index < -0.39 is 15.7 Å². The van der Waals surface area contributed by atoms with Crippen LogP contribution in [0.1, 0.15) is 25.3 Å². The van der Waals surface area contributed by atoms with Gasteiger partial charge in [-0.25, -0.2) is 12.8 Å². The van der Waals surface area contributed by atoms with E-state index in [9.17, 15) is 12.8 Å². The van der Waals surface area contributed by atoms with Crippen molar-refractivity contribution in [3.05, 3.63) is 90.2 Å². The molecule has 1 aliphatic rings. The van der Waals surface area contributed by atoms with Crippen molar-refractivity contribution in [1.82, 2.24) is 4.98 Å². The Bertz CT molecular complexity index is 1430. The topological polar surface area (TPSA) is 72.6 Å². The molecule has 8 heteroatoms. The highest BCUT2D eigenvalue weighted by molar-refractivity contribution is 7.91. The van der Waals surface area contributed by atoms with Gasteiger partial charge in [0.15, 0.2) is 0 Å². The Kier molecular flexibility index (Phi) is 7.28. The van der Waals surface area contributed by atoms with Gasteiger partial charge in [-0.1, -0.05) is 30.3 Å². The number of oxazole rings is 1. The minimum absolute atomic E-state index is 0.0272. The highest BCUT2D eigenvalue weighted by atomic mass is 32.2. The monoisotopic (exact) mass is 520 g/mol. The number of nitrogens with zero attached hydrogens (tertiary/aromatic N) is 2. The van der Waals surface area contributed by atoms with Gasteiger partial charge in [-0.05, 0) is 86.2 Å². The molecule has 0 N–H and O–H groups in total. The first-order chi connectivity index (χ1) is 17.9. The summed E-state index contributed by atoms with van der Waals surface area (Å²) in [6.07, 6.45) is 2.80. The lowest BCUT2D eigenvalue weighted by atomic mass is 9.90. The molecule has 6 nitrogen and oxygen atoms in total. The number of piperidine rings is 1. The van der Waals surface area contributed by atoms with E-state index in [0.717, 1.165) is 31.4 Å². The number of aromatic nitrogens is 1. The van der Waals surface area contributed by atoms with Crippen LogP contribution in [0.25, 0.3) is 11.5 Å². The molecule has 1 aromatic heterocycles. The number of halogens is 1. The zero-order valence-electron chi connectivity index (χ0n) is 20.6. The highest BCUT2D eigenvalue weighted by Gasteiger charge is 2.33. The second-order valence-electron chi connectivity index (χ2n) is 9.16. The number of ether oxygens (including phenoxy) is 1. The molecule has 192 valence electrons. The molecule has 1 aliphatic heterocycles. The second-order valence-corrected chi connectivity index (χ2v) is 11.0. The Balaban J connectivity index is 1.45. The Hall–Kier alpha value is -3.65. The third kappa shape index (κ3) is 5.54. The van der Waals surface area contributed by atoms with Crippen LogP contribution < -0.4 is 9.64 Å². The summed E-state index contributed by atoms with van der Waals surface area (Å²) in [5.41, 5.74) is 1.95. The van der Waals surface area contributed by atoms with E-state index in [0.29, 0.717) is 36.9 Å². The lowest BCUT2D eigenvalue weighted by molar-refractivity contribution is 0.340. The molecule has 1 fully saturated rings. The number of hydrogen-bond acceptors (Lipinski definition) is 6. The molecule has 3 aromatic carbocycles. The normalized spacial score (nSPS) is 14.6. The summed E-state index contributed by atoms with van der Waals surface area (Å²) in [5, 5.41) is -0.149. The standard InChI is InChI=1S/C29H29FN2O4S/c1-2-35-25-12-8-23(9-13-25)27-31-28(37(33,34)26-14-10-24(30)11-15-26)29(36-27)32-18-16-22(17-19-32)20-21-6-4-3-5-7-21/h3-15,22H,2,16-20H2,1H3. The highest BCUT2D eigenvalue weighted by Crippen LogP contribution is 2.37. The largest absolute Gasteiger partial charge is 0.494 e. The summed E-state index contributed by atoms with van der Waals surface area (Å²) >= 11 is 0. The summed E-state index contributed by atoms with van der Waals surface area (Å²) in [6, 6.07) is 22.4. The predicted molar refractivity (Wildman–Crippen MR) is 140 cm³/mol. The molecule has 0 bridgehead atoms. The average Bonchev–Trinajstić information content (AvgIpc) is 3.37. The Morgan fingerprint density at radius 1 is 0.973 bits per heavy atom. The van der Waals surface area contributed by atoms with Crippen LogP contribution in [0.5, 0.6) is 5.75 Å². The minimum atomic E-state index is -4.04. The van der Waals surface area contributed by atoms with Gasteiger partial charge in [-0.15, -0.1) is 0 Å². The fourth-order valence-corrected chi connectivity index (χ4v) is 5.99. The van der Waals surface area contributed by atoms with Crippen molar-refractivity contribution in [3.63, 3.8) is 0 Å². The van der Waals surface area contributed by atoms with Gasteiger partial charge in [0.05, 0.1) is 11.5 Å². The smallest absolute Gasteiger partial charge is 0.236 e. The Labute approximate surface area is 216 Å². The molecule has 2 heterocycles. The molecular formula is C29H29FN2O4S. The van der Waals surface area contributed by atoms with Crippen LogP contribution in [0.2, 0.25) is 0 Å². The van der Waals surface area contributed by atoms with E-state index >= 15 is 0 Å². The van der Waals surface area contributed by atoms with Gasteiger partial charge in [0.2, 0.25) is 26.6 Å². The van der Waals surface area contributed by atoms with Crippen molar-refractivity contribution in [2.45, 2.75) is 36.1 Å². The van der Waals surface area contributed by atoms with E-state index in [-0.39, 0.29) is 21.7 Å². The number of anilines is 1. The van der Waals surface area contributed by atoms with Crippen molar-refractivity contribution >= 4 is 15.7 Å². The summed E-state index contributed by atoms with van der Waals surface area (Å²) < 4.78 is 52.4. The summed E-state index contributed by atoms with van der Waals surface area (Å²) in [5.74, 6) is 1.15. The van der Waals surface area contributed by atoms with E-state index in [4.69, 9.17) is 9.15 Å². The van der Waals surface area contributed by atoms with Crippen LogP contribution in [0, 0.1) is 11.7 Å². The quantitative estimate of drug-likeness (QED) is 0.259. The van der Waals surface area contributed by atoms with Gasteiger partial charge in [0.25, 0.3) is 0 Å². The van der Waals surface area contributed by atoms with Gasteiger partial charge >= 0.3 is 0 Å². The molecule has 37 heavy (non-hydrogen) atoms. The lowest BCUT2D eigenvalue weighted by Gasteiger charge is -2.32. The molecule has 0 atom stereocenters. The minimum Gasteiger partial charge on any atom is -0.494 e. The molecule has 0 aliphatic carbocycles. The van der Waals surface area contributed by atoms with Crippen molar-refractivity contribution in [1.29, 1.82) is 0 Å². The van der Waals surface area contributed by atoms with Gasteiger partial charge in [0, 0.05) is 18.7 Å². The molecule has 0 radical (unpaired) electrons. The molecule has 0 saturated carbocycles. The molecule has 4 aromatic rings. The molecular weight excluding hydrogens is 491 g/mol. The van der Waals surface area contributed by atoms with E-state index in [2.05, 4.69) is 17.1 Å². The average molecular weight is 521 g/mol. The third-order valence-corrected chi connectivity index (χ3v) is 8.31. The van der Waals surface area contributed by atoms with Crippen LogP contribution in [0.4, 0.5) is 10.3 Å². The van der Waals surface area contributed by atoms with Crippen LogP contribution in [0.15, 0.2) is 93.2 Å². The van der Waals surface area contributed by atoms with E-state index in [1.165, 1.54) is 17.7 Å². The van der Waals surface area contributed by atoms with Crippen LogP contribution in [-0.2, 0) is 16.3 Å². The molecule has 0 amide bonds. The number of hydrogen-bond donors (Lipinski definition) is 0. The van der Waals surface area contributed by atoms with Crippen LogP contribution in [-0.4, -0.2) is 33.1 Å². The third-order valence-electron chi connectivity index (χ3n) is 6.64. The fraction of sp³-hybridized carbons (Fsp3) is 0.276. The first-order valence-electron chi connectivity index (χ1n) is 12.5. The van der Waals surface area contributed by atoms with Crippen molar-refractivity contribution in [2.75, 3.05) is 24.6 Å². The Morgan fingerprint density at radius 3 is 2.30 bits per heavy atom.